The molecule has 2 aromatic heterocycles. The number of hydrogen-bond acceptors (Lipinski definition) is 10. The molecule has 1 saturated heterocycles. The van der Waals surface area contributed by atoms with Crippen molar-refractivity contribution in [2.45, 2.75) is 44.9 Å². The van der Waals surface area contributed by atoms with E-state index < -0.39 is 55.3 Å². The topological polar surface area (TPSA) is 161 Å². The molecule has 1 aliphatic carbocycles. The molecule has 5 rings (SSSR count). The molecule has 1 aliphatic heterocycles. The number of anilines is 1. The Morgan fingerprint density at radius 3 is 2.95 bits per heavy atom. The van der Waals surface area contributed by atoms with Gasteiger partial charge in [-0.25, -0.2) is 13.9 Å². The number of aromatic amines is 1. The van der Waals surface area contributed by atoms with Gasteiger partial charge in [-0.05, 0) is 23.8 Å². The third-order valence-corrected chi connectivity index (χ3v) is 8.65. The van der Waals surface area contributed by atoms with Gasteiger partial charge in [0.05, 0.1) is 37.6 Å². The van der Waals surface area contributed by atoms with Crippen LogP contribution in [0.2, 0.25) is 5.02 Å². The predicted molar refractivity (Wildman–Crippen MR) is 143 cm³/mol. The average molecular weight is 596 g/mol. The number of carbonyl (C=O) groups excluding carboxylic acids is 1. The van der Waals surface area contributed by atoms with Crippen LogP contribution in [0.5, 0.6) is 0 Å². The van der Waals surface area contributed by atoms with Gasteiger partial charge in [0.1, 0.15) is 11.9 Å². The molecule has 2 aliphatic rings. The molecule has 0 amide bonds. The van der Waals surface area contributed by atoms with E-state index >= 15 is 0 Å². The molecule has 1 aromatic carbocycles. The first-order chi connectivity index (χ1) is 19.0. The fourth-order valence-electron chi connectivity index (χ4n) is 4.84. The highest BCUT2D eigenvalue weighted by molar-refractivity contribution is 7.48. The number of hydrogen-bond donors (Lipinski definition) is 2. The van der Waals surface area contributed by atoms with Gasteiger partial charge < -0.3 is 15.0 Å². The van der Waals surface area contributed by atoms with Crippen molar-refractivity contribution in [1.29, 1.82) is 0 Å². The number of nitrogens with two attached hydrogens (primary N) is 1. The van der Waals surface area contributed by atoms with Gasteiger partial charge >= 0.3 is 13.8 Å². The SMILES string of the molecule is C=C1[C@H](CO[P@]2(=O)OCC[C@H](c3cc(Cl)ccc3F)O2)[C@@H](OC(=O)C(C)C)C[C@@H]1n1cnc2c(=O)[nH]c(N)nc21. The summed E-state index contributed by atoms with van der Waals surface area (Å²) in [5.41, 5.74) is 6.27. The van der Waals surface area contributed by atoms with E-state index in [4.69, 9.17) is 35.6 Å². The van der Waals surface area contributed by atoms with Crippen LogP contribution in [0.3, 0.4) is 0 Å². The molecular formula is C25H28ClFN5O7P. The number of benzene rings is 1. The first-order valence-electron chi connectivity index (χ1n) is 12.6. The fraction of sp³-hybridized carbons (Fsp3) is 0.440. The van der Waals surface area contributed by atoms with Crippen molar-refractivity contribution in [3.8, 4) is 0 Å². The summed E-state index contributed by atoms with van der Waals surface area (Å²) in [6.07, 6.45) is 0.307. The average Bonchev–Trinajstić information content (AvgIpc) is 3.44. The van der Waals surface area contributed by atoms with Crippen LogP contribution in [0.15, 0.2) is 41.5 Å². The number of H-pyrrole nitrogens is 1. The van der Waals surface area contributed by atoms with Gasteiger partial charge in [0.2, 0.25) is 5.95 Å². The number of halogens is 2. The minimum atomic E-state index is -4.15. The van der Waals surface area contributed by atoms with E-state index in [-0.39, 0.29) is 48.7 Å². The van der Waals surface area contributed by atoms with Crippen molar-refractivity contribution in [2.24, 2.45) is 11.8 Å². The van der Waals surface area contributed by atoms with E-state index in [9.17, 15) is 18.5 Å². The van der Waals surface area contributed by atoms with Crippen LogP contribution in [0.25, 0.3) is 11.2 Å². The highest BCUT2D eigenvalue weighted by Crippen LogP contribution is 2.58. The number of aromatic nitrogens is 4. The van der Waals surface area contributed by atoms with Gasteiger partial charge in [-0.1, -0.05) is 32.0 Å². The fourth-order valence-corrected chi connectivity index (χ4v) is 6.42. The zero-order valence-electron chi connectivity index (χ0n) is 21.7. The third-order valence-electron chi connectivity index (χ3n) is 6.94. The summed E-state index contributed by atoms with van der Waals surface area (Å²) < 4.78 is 52.0. The summed E-state index contributed by atoms with van der Waals surface area (Å²) in [5, 5.41) is 0.301. The van der Waals surface area contributed by atoms with Gasteiger partial charge in [-0.3, -0.25) is 28.1 Å². The quantitative estimate of drug-likeness (QED) is 0.226. The lowest BCUT2D eigenvalue weighted by molar-refractivity contribution is -0.154. The zero-order chi connectivity index (χ0) is 28.8. The molecule has 214 valence electrons. The van der Waals surface area contributed by atoms with Gasteiger partial charge in [0.15, 0.2) is 11.2 Å². The summed E-state index contributed by atoms with van der Waals surface area (Å²) >= 11 is 6.02. The first kappa shape index (κ1) is 28.4. The van der Waals surface area contributed by atoms with Crippen molar-refractivity contribution in [3.63, 3.8) is 0 Å². The van der Waals surface area contributed by atoms with E-state index in [1.165, 1.54) is 24.5 Å². The second-order valence-electron chi connectivity index (χ2n) is 9.96. The number of nitrogen functional groups attached to an aromatic ring is 1. The summed E-state index contributed by atoms with van der Waals surface area (Å²) in [4.78, 5) is 35.6. The first-order valence-corrected chi connectivity index (χ1v) is 14.4. The Bertz CT molecular complexity index is 1580. The number of esters is 1. The molecule has 15 heteroatoms. The maximum absolute atomic E-state index is 14.5. The number of nitrogens with one attached hydrogen (secondary N) is 1. The number of phosphoric acid groups is 1. The Kier molecular flexibility index (Phi) is 7.86. The van der Waals surface area contributed by atoms with Gasteiger partial charge in [-0.15, -0.1) is 0 Å². The van der Waals surface area contributed by atoms with E-state index in [1.54, 1.807) is 18.4 Å². The second kappa shape index (κ2) is 11.1. The van der Waals surface area contributed by atoms with Crippen molar-refractivity contribution in [1.82, 2.24) is 19.5 Å². The van der Waals surface area contributed by atoms with Crippen LogP contribution in [-0.2, 0) is 27.7 Å². The number of imidazole rings is 1. The summed E-state index contributed by atoms with van der Waals surface area (Å²) in [5.74, 6) is -2.12. The predicted octanol–water partition coefficient (Wildman–Crippen LogP) is 4.48. The number of fused-ring (bicyclic) bond motifs is 1. The number of carbonyl (C=O) groups is 1. The van der Waals surface area contributed by atoms with Gasteiger partial charge in [0, 0.05) is 29.3 Å². The van der Waals surface area contributed by atoms with Crippen LogP contribution < -0.4 is 11.3 Å². The Hall–Kier alpha value is -3.09. The van der Waals surface area contributed by atoms with E-state index in [1.807, 2.05) is 0 Å². The maximum Gasteiger partial charge on any atom is 0.475 e. The Labute approximate surface area is 233 Å². The van der Waals surface area contributed by atoms with Crippen molar-refractivity contribution < 1.29 is 32.1 Å². The smallest absolute Gasteiger partial charge is 0.461 e. The molecule has 3 aromatic rings. The Balaban J connectivity index is 1.39. The van der Waals surface area contributed by atoms with Crippen molar-refractivity contribution >= 4 is 42.5 Å². The minimum Gasteiger partial charge on any atom is -0.461 e. The number of rotatable bonds is 7. The molecule has 12 nitrogen and oxygen atoms in total. The molecule has 0 radical (unpaired) electrons. The largest absolute Gasteiger partial charge is 0.475 e. The molecule has 0 bridgehead atoms. The van der Waals surface area contributed by atoms with Crippen molar-refractivity contribution in [2.75, 3.05) is 18.9 Å². The number of phosphoric ester groups is 1. The molecule has 3 heterocycles. The normalized spacial score (nSPS) is 27.0. The molecule has 1 saturated carbocycles. The van der Waals surface area contributed by atoms with Gasteiger partial charge in [0.25, 0.3) is 5.56 Å². The lowest BCUT2D eigenvalue weighted by Crippen LogP contribution is -2.28. The number of ether oxygens (including phenoxy) is 1. The molecule has 5 atom stereocenters. The second-order valence-corrected chi connectivity index (χ2v) is 12.0. The van der Waals surface area contributed by atoms with Crippen LogP contribution >= 0.6 is 19.4 Å². The molecule has 0 spiro atoms. The van der Waals surface area contributed by atoms with E-state index in [0.29, 0.717) is 10.6 Å². The van der Waals surface area contributed by atoms with Gasteiger partial charge in [-0.2, -0.15) is 4.98 Å². The maximum atomic E-state index is 14.5. The monoisotopic (exact) mass is 595 g/mol. The standard InChI is InChI=1S/C25H28ClFN5O7P/c1-12(2)24(34)38-20-9-18(32-11-29-21-22(32)30-25(28)31-23(21)33)13(3)16(20)10-37-40(35)36-7-6-19(39-40)15-8-14(26)4-5-17(15)27/h4-5,8,11-12,16,18-20H,3,6-7,9-10H2,1-2H3,(H3,28,30,31,33)/t16-,18-,19+,20-,40-/m0/s1. The van der Waals surface area contributed by atoms with E-state index in [2.05, 4.69) is 21.5 Å². The van der Waals surface area contributed by atoms with E-state index in [0.717, 1.165) is 0 Å². The molecule has 2 fully saturated rings. The highest BCUT2D eigenvalue weighted by Gasteiger charge is 2.45. The lowest BCUT2D eigenvalue weighted by Gasteiger charge is -2.30. The van der Waals surface area contributed by atoms with Crippen LogP contribution in [0, 0.1) is 17.7 Å². The lowest BCUT2D eigenvalue weighted by atomic mass is 10.0. The summed E-state index contributed by atoms with van der Waals surface area (Å²) in [6, 6.07) is 3.51. The highest BCUT2D eigenvalue weighted by atomic mass is 35.5. The van der Waals surface area contributed by atoms with Crippen LogP contribution in [-0.4, -0.2) is 44.8 Å². The zero-order valence-corrected chi connectivity index (χ0v) is 23.4. The molecule has 0 unspecified atom stereocenters. The van der Waals surface area contributed by atoms with Crippen LogP contribution in [0.4, 0.5) is 10.3 Å². The molecular weight excluding hydrogens is 568 g/mol. The summed E-state index contributed by atoms with van der Waals surface area (Å²) in [6.45, 7) is 7.36. The molecule has 3 N–H and O–H groups in total. The summed E-state index contributed by atoms with van der Waals surface area (Å²) in [7, 11) is -4.15. The molecule has 40 heavy (non-hydrogen) atoms. The van der Waals surface area contributed by atoms with Crippen molar-refractivity contribution in [3.05, 3.63) is 63.4 Å². The van der Waals surface area contributed by atoms with Crippen LogP contribution in [0.1, 0.15) is 44.4 Å². The third kappa shape index (κ3) is 5.57. The Morgan fingerprint density at radius 1 is 1.43 bits per heavy atom. The number of nitrogens with zero attached hydrogens (tertiary/aromatic N) is 3. The Morgan fingerprint density at radius 2 is 2.20 bits per heavy atom. The minimum absolute atomic E-state index is 0.00341.